The van der Waals surface area contributed by atoms with Crippen molar-refractivity contribution in [1.29, 1.82) is 0 Å². The molecule has 0 bridgehead atoms. The van der Waals surface area contributed by atoms with Crippen LogP contribution in [-0.4, -0.2) is 17.4 Å². The van der Waals surface area contributed by atoms with Crippen molar-refractivity contribution in [3.63, 3.8) is 0 Å². The van der Waals surface area contributed by atoms with E-state index < -0.39 is 0 Å². The first kappa shape index (κ1) is 14.2. The summed E-state index contributed by atoms with van der Waals surface area (Å²) in [6.45, 7) is 0.811. The van der Waals surface area contributed by atoms with Crippen LogP contribution in [0.5, 0.6) is 0 Å². The summed E-state index contributed by atoms with van der Waals surface area (Å²) in [6, 6.07) is 12.3. The van der Waals surface area contributed by atoms with Crippen LogP contribution in [0.3, 0.4) is 0 Å². The molecule has 1 atom stereocenters. The van der Waals surface area contributed by atoms with Crippen LogP contribution in [0.4, 0.5) is 0 Å². The second-order valence-electron chi connectivity index (χ2n) is 5.41. The van der Waals surface area contributed by atoms with Crippen molar-refractivity contribution in [2.45, 2.75) is 18.9 Å². The SMILES string of the molecule is O=C(c1sc2ccccc2c1Cl)N1CCC[C@@H]1c1cccs1. The van der Waals surface area contributed by atoms with Crippen molar-refractivity contribution >= 4 is 50.3 Å². The van der Waals surface area contributed by atoms with Crippen molar-refractivity contribution in [1.82, 2.24) is 4.90 Å². The number of hydrogen-bond donors (Lipinski definition) is 0. The van der Waals surface area contributed by atoms with Gasteiger partial charge in [0.05, 0.1) is 11.1 Å². The number of carbonyl (C=O) groups excluding carboxylic acids is 1. The summed E-state index contributed by atoms with van der Waals surface area (Å²) in [6.07, 6.45) is 2.09. The topological polar surface area (TPSA) is 20.3 Å². The van der Waals surface area contributed by atoms with Crippen LogP contribution >= 0.6 is 34.3 Å². The molecule has 2 nitrogen and oxygen atoms in total. The highest BCUT2D eigenvalue weighted by atomic mass is 35.5. The van der Waals surface area contributed by atoms with Crippen molar-refractivity contribution in [3.8, 4) is 0 Å². The Balaban J connectivity index is 1.72. The lowest BCUT2D eigenvalue weighted by Crippen LogP contribution is -2.29. The Kier molecular flexibility index (Phi) is 3.68. The minimum absolute atomic E-state index is 0.0714. The van der Waals surface area contributed by atoms with Gasteiger partial charge in [-0.05, 0) is 30.4 Å². The molecule has 1 aromatic carbocycles. The molecule has 112 valence electrons. The first-order valence-electron chi connectivity index (χ1n) is 7.27. The predicted octanol–water partition coefficient (Wildman–Crippen LogP) is 5.59. The van der Waals surface area contributed by atoms with E-state index in [9.17, 15) is 4.79 Å². The highest BCUT2D eigenvalue weighted by Gasteiger charge is 2.33. The van der Waals surface area contributed by atoms with Crippen LogP contribution in [0, 0.1) is 0 Å². The molecular formula is C17H14ClNOS2. The predicted molar refractivity (Wildman–Crippen MR) is 94.2 cm³/mol. The van der Waals surface area contributed by atoms with Gasteiger partial charge in [0.25, 0.3) is 5.91 Å². The molecule has 0 spiro atoms. The minimum atomic E-state index is 0.0714. The van der Waals surface area contributed by atoms with Gasteiger partial charge in [-0.1, -0.05) is 35.9 Å². The molecule has 1 aliphatic heterocycles. The number of nitrogens with zero attached hydrogens (tertiary/aromatic N) is 1. The molecule has 2 aromatic heterocycles. The van der Waals surface area contributed by atoms with Crippen LogP contribution in [0.25, 0.3) is 10.1 Å². The number of benzene rings is 1. The molecular weight excluding hydrogens is 334 g/mol. The van der Waals surface area contributed by atoms with Crippen molar-refractivity contribution < 1.29 is 4.79 Å². The summed E-state index contributed by atoms with van der Waals surface area (Å²) in [4.78, 5) is 16.9. The van der Waals surface area contributed by atoms with Crippen molar-refractivity contribution in [2.24, 2.45) is 0 Å². The Labute approximate surface area is 141 Å². The molecule has 1 saturated heterocycles. The molecule has 0 saturated carbocycles. The van der Waals surface area contributed by atoms with Crippen LogP contribution in [0.15, 0.2) is 41.8 Å². The minimum Gasteiger partial charge on any atom is -0.330 e. The summed E-state index contributed by atoms with van der Waals surface area (Å²) in [5, 5.41) is 3.65. The lowest BCUT2D eigenvalue weighted by molar-refractivity contribution is 0.0743. The normalized spacial score (nSPS) is 18.2. The number of amides is 1. The van der Waals surface area contributed by atoms with Gasteiger partial charge in [0.15, 0.2) is 0 Å². The second kappa shape index (κ2) is 5.69. The lowest BCUT2D eigenvalue weighted by Gasteiger charge is -2.23. The molecule has 1 amide bonds. The monoisotopic (exact) mass is 347 g/mol. The third kappa shape index (κ3) is 2.26. The number of halogens is 1. The van der Waals surface area contributed by atoms with E-state index in [1.54, 1.807) is 11.3 Å². The molecule has 0 unspecified atom stereocenters. The van der Waals surface area contributed by atoms with E-state index in [0.717, 1.165) is 29.5 Å². The largest absolute Gasteiger partial charge is 0.330 e. The smallest absolute Gasteiger partial charge is 0.266 e. The molecule has 0 aliphatic carbocycles. The van der Waals surface area contributed by atoms with Crippen molar-refractivity contribution in [2.75, 3.05) is 6.54 Å². The zero-order valence-corrected chi connectivity index (χ0v) is 14.2. The van der Waals surface area contributed by atoms with Gasteiger partial charge in [0, 0.05) is 21.5 Å². The number of likely N-dealkylation sites (tertiary alicyclic amines) is 1. The highest BCUT2D eigenvalue weighted by molar-refractivity contribution is 7.21. The maximum atomic E-state index is 13.0. The second-order valence-corrected chi connectivity index (χ2v) is 7.82. The van der Waals surface area contributed by atoms with Crippen LogP contribution in [0.2, 0.25) is 5.02 Å². The van der Waals surface area contributed by atoms with Crippen LogP contribution in [-0.2, 0) is 0 Å². The molecule has 3 heterocycles. The van der Waals surface area contributed by atoms with Gasteiger partial charge in [-0.3, -0.25) is 4.79 Å². The van der Waals surface area contributed by atoms with E-state index in [1.165, 1.54) is 16.2 Å². The molecule has 0 radical (unpaired) electrons. The Morgan fingerprint density at radius 2 is 2.09 bits per heavy atom. The number of fused-ring (bicyclic) bond motifs is 1. The molecule has 3 aromatic rings. The number of rotatable bonds is 2. The van der Waals surface area contributed by atoms with Gasteiger partial charge in [0.2, 0.25) is 0 Å². The van der Waals surface area contributed by atoms with E-state index >= 15 is 0 Å². The van der Waals surface area contributed by atoms with Gasteiger partial charge in [-0.15, -0.1) is 22.7 Å². The van der Waals surface area contributed by atoms with Crippen LogP contribution in [0.1, 0.15) is 33.4 Å². The fourth-order valence-electron chi connectivity index (χ4n) is 3.07. The van der Waals surface area contributed by atoms with E-state index in [-0.39, 0.29) is 11.9 Å². The summed E-state index contributed by atoms with van der Waals surface area (Å²) in [5.41, 5.74) is 0. The molecule has 22 heavy (non-hydrogen) atoms. The van der Waals surface area contributed by atoms with E-state index in [1.807, 2.05) is 35.2 Å². The lowest BCUT2D eigenvalue weighted by atomic mass is 10.2. The van der Waals surface area contributed by atoms with E-state index in [2.05, 4.69) is 11.4 Å². The van der Waals surface area contributed by atoms with E-state index in [0.29, 0.717) is 9.90 Å². The number of thiophene rings is 2. The molecule has 5 heteroatoms. The molecule has 1 fully saturated rings. The molecule has 0 N–H and O–H groups in total. The summed E-state index contributed by atoms with van der Waals surface area (Å²) >= 11 is 9.69. The average molecular weight is 348 g/mol. The van der Waals surface area contributed by atoms with Gasteiger partial charge in [0.1, 0.15) is 4.88 Å². The van der Waals surface area contributed by atoms with Gasteiger partial charge in [-0.25, -0.2) is 0 Å². The summed E-state index contributed by atoms with van der Waals surface area (Å²) < 4.78 is 1.07. The number of carbonyl (C=O) groups is 1. The number of hydrogen-bond acceptors (Lipinski definition) is 3. The first-order chi connectivity index (χ1) is 10.8. The Morgan fingerprint density at radius 3 is 2.86 bits per heavy atom. The van der Waals surface area contributed by atoms with Crippen LogP contribution < -0.4 is 0 Å². The Hall–Kier alpha value is -1.36. The van der Waals surface area contributed by atoms with Gasteiger partial charge >= 0.3 is 0 Å². The quantitative estimate of drug-likeness (QED) is 0.591. The first-order valence-corrected chi connectivity index (χ1v) is 9.34. The van der Waals surface area contributed by atoms with Crippen molar-refractivity contribution in [3.05, 3.63) is 56.6 Å². The third-order valence-electron chi connectivity index (χ3n) is 4.11. The third-order valence-corrected chi connectivity index (χ3v) is 6.75. The standard InChI is InChI=1S/C17H14ClNOS2/c18-15-11-5-1-2-7-13(11)22-16(15)17(20)19-9-3-6-12(19)14-8-4-10-21-14/h1-2,4-5,7-8,10,12H,3,6,9H2/t12-/m1/s1. The maximum Gasteiger partial charge on any atom is 0.266 e. The van der Waals surface area contributed by atoms with Gasteiger partial charge < -0.3 is 4.90 Å². The summed E-state index contributed by atoms with van der Waals surface area (Å²) in [7, 11) is 0. The average Bonchev–Trinajstić information content (AvgIpc) is 3.26. The Bertz CT molecular complexity index is 824. The molecule has 1 aliphatic rings. The summed E-state index contributed by atoms with van der Waals surface area (Å²) in [5.74, 6) is 0.0714. The molecule has 4 rings (SSSR count). The fraction of sp³-hybridized carbons (Fsp3) is 0.235. The van der Waals surface area contributed by atoms with Gasteiger partial charge in [-0.2, -0.15) is 0 Å². The highest BCUT2D eigenvalue weighted by Crippen LogP contribution is 2.40. The Morgan fingerprint density at radius 1 is 1.23 bits per heavy atom. The maximum absolute atomic E-state index is 13.0. The zero-order chi connectivity index (χ0) is 15.1. The zero-order valence-electron chi connectivity index (χ0n) is 11.8. The van der Waals surface area contributed by atoms with E-state index in [4.69, 9.17) is 11.6 Å². The fourth-order valence-corrected chi connectivity index (χ4v) is 5.41.